The predicted molar refractivity (Wildman–Crippen MR) is 69.7 cm³/mol. The van der Waals surface area contributed by atoms with Crippen LogP contribution in [0.2, 0.25) is 0 Å². The first-order valence-electron chi connectivity index (χ1n) is 6.08. The number of ether oxygens (including phenoxy) is 4. The Labute approximate surface area is 116 Å². The summed E-state index contributed by atoms with van der Waals surface area (Å²) in [7, 11) is 2.99. The van der Waals surface area contributed by atoms with Gasteiger partial charge in [0.2, 0.25) is 18.3 Å². The van der Waals surface area contributed by atoms with E-state index in [9.17, 15) is 4.79 Å². The Balaban J connectivity index is 2.53. The molecule has 7 nitrogen and oxygen atoms in total. The summed E-state index contributed by atoms with van der Waals surface area (Å²) in [5, 5.41) is 8.98. The van der Waals surface area contributed by atoms with Gasteiger partial charge >= 0.3 is 5.97 Å². The minimum absolute atomic E-state index is 0.0672. The van der Waals surface area contributed by atoms with Crippen LogP contribution in [-0.4, -0.2) is 38.6 Å². The van der Waals surface area contributed by atoms with Crippen molar-refractivity contribution in [3.8, 4) is 23.0 Å². The van der Waals surface area contributed by atoms with E-state index in [0.717, 1.165) is 0 Å². The quantitative estimate of drug-likeness (QED) is 0.801. The summed E-state index contributed by atoms with van der Waals surface area (Å²) in [6, 6.07) is 1.69. The van der Waals surface area contributed by atoms with Crippen LogP contribution in [0.3, 0.4) is 0 Å². The number of fused-ring (bicyclic) bond motifs is 1. The minimum Gasteiger partial charge on any atom is -0.493 e. The maximum Gasteiger partial charge on any atom is 0.304 e. The molecule has 0 bridgehead atoms. The standard InChI is InChI=1S/C13H17NO6/c1-17-9-4-8(7(5-14)3-10(15)16)11(18-2)13-12(9)19-6-20-13/h4,7H,3,5-6,14H2,1-2H3,(H,15,16). The molecule has 110 valence electrons. The third-order valence-corrected chi connectivity index (χ3v) is 3.16. The van der Waals surface area contributed by atoms with Gasteiger partial charge in [-0.25, -0.2) is 0 Å². The monoisotopic (exact) mass is 283 g/mol. The third kappa shape index (κ3) is 2.44. The van der Waals surface area contributed by atoms with Crippen LogP contribution in [-0.2, 0) is 4.79 Å². The number of nitrogens with two attached hydrogens (primary N) is 1. The largest absolute Gasteiger partial charge is 0.493 e. The molecule has 1 unspecified atom stereocenters. The zero-order chi connectivity index (χ0) is 14.7. The average molecular weight is 283 g/mol. The van der Waals surface area contributed by atoms with Gasteiger partial charge in [0.25, 0.3) is 0 Å². The van der Waals surface area contributed by atoms with E-state index in [1.807, 2.05) is 0 Å². The minimum atomic E-state index is -0.931. The van der Waals surface area contributed by atoms with E-state index in [0.29, 0.717) is 28.6 Å². The second-order valence-corrected chi connectivity index (χ2v) is 4.30. The van der Waals surface area contributed by atoms with Crippen LogP contribution < -0.4 is 24.7 Å². The van der Waals surface area contributed by atoms with Gasteiger partial charge in [0.15, 0.2) is 11.5 Å². The maximum atomic E-state index is 10.9. The summed E-state index contributed by atoms with van der Waals surface area (Å²) in [5.41, 5.74) is 6.32. The van der Waals surface area contributed by atoms with Gasteiger partial charge < -0.3 is 29.8 Å². The molecule has 0 radical (unpaired) electrons. The Morgan fingerprint density at radius 1 is 1.40 bits per heavy atom. The van der Waals surface area contributed by atoms with E-state index in [-0.39, 0.29) is 19.8 Å². The summed E-state index contributed by atoms with van der Waals surface area (Å²) >= 11 is 0. The zero-order valence-corrected chi connectivity index (χ0v) is 11.3. The van der Waals surface area contributed by atoms with Crippen molar-refractivity contribution in [3.05, 3.63) is 11.6 Å². The van der Waals surface area contributed by atoms with Crippen LogP contribution in [0.4, 0.5) is 0 Å². The first-order valence-corrected chi connectivity index (χ1v) is 6.08. The van der Waals surface area contributed by atoms with Crippen molar-refractivity contribution in [1.29, 1.82) is 0 Å². The molecule has 1 atom stereocenters. The first-order chi connectivity index (χ1) is 9.62. The van der Waals surface area contributed by atoms with Crippen molar-refractivity contribution in [2.24, 2.45) is 5.73 Å². The predicted octanol–water partition coefficient (Wildman–Crippen LogP) is 0.949. The second kappa shape index (κ2) is 5.87. The van der Waals surface area contributed by atoms with Gasteiger partial charge in [-0.3, -0.25) is 4.79 Å². The lowest BCUT2D eigenvalue weighted by molar-refractivity contribution is -0.137. The molecule has 2 rings (SSSR count). The van der Waals surface area contributed by atoms with Crippen LogP contribution in [0.15, 0.2) is 6.07 Å². The molecule has 7 heteroatoms. The number of hydrogen-bond acceptors (Lipinski definition) is 6. The first kappa shape index (κ1) is 14.3. The molecule has 3 N–H and O–H groups in total. The SMILES string of the molecule is COc1cc(C(CN)CC(=O)O)c(OC)c2c1OCO2. The summed E-state index contributed by atoms with van der Waals surface area (Å²) < 4.78 is 21.3. The van der Waals surface area contributed by atoms with Gasteiger partial charge in [0.05, 0.1) is 20.6 Å². The lowest BCUT2D eigenvalue weighted by atomic mass is 9.94. The molecule has 1 aliphatic heterocycles. The van der Waals surface area contributed by atoms with E-state index in [1.165, 1.54) is 14.2 Å². The molecule has 1 aromatic carbocycles. The Morgan fingerprint density at radius 2 is 2.10 bits per heavy atom. The van der Waals surface area contributed by atoms with Crippen molar-refractivity contribution in [3.63, 3.8) is 0 Å². The molecule has 0 saturated heterocycles. The number of carbonyl (C=O) groups is 1. The van der Waals surface area contributed by atoms with E-state index < -0.39 is 11.9 Å². The summed E-state index contributed by atoms with van der Waals surface area (Å²) in [4.78, 5) is 10.9. The van der Waals surface area contributed by atoms with Crippen molar-refractivity contribution >= 4 is 5.97 Å². The summed E-state index contributed by atoms with van der Waals surface area (Å²) in [5.74, 6) is 0.460. The molecule has 0 amide bonds. The smallest absolute Gasteiger partial charge is 0.304 e. The normalized spacial score (nSPS) is 13.9. The fourth-order valence-corrected chi connectivity index (χ4v) is 2.23. The Bertz CT molecular complexity index is 516. The number of carboxylic acid groups (broad SMARTS) is 1. The van der Waals surface area contributed by atoms with Crippen LogP contribution in [0.25, 0.3) is 0 Å². The highest BCUT2D eigenvalue weighted by Crippen LogP contribution is 2.51. The molecule has 0 spiro atoms. The number of aliphatic carboxylic acids is 1. The van der Waals surface area contributed by atoms with Crippen molar-refractivity contribution in [1.82, 2.24) is 0 Å². The molecule has 1 heterocycles. The lowest BCUT2D eigenvalue weighted by Gasteiger charge is -2.19. The summed E-state index contributed by atoms with van der Waals surface area (Å²) in [6.07, 6.45) is -0.102. The van der Waals surface area contributed by atoms with Crippen LogP contribution in [0.1, 0.15) is 17.9 Å². The van der Waals surface area contributed by atoms with E-state index in [4.69, 9.17) is 29.8 Å². The van der Waals surface area contributed by atoms with E-state index in [1.54, 1.807) is 6.07 Å². The number of carboxylic acids is 1. The molecule has 1 aliphatic rings. The van der Waals surface area contributed by atoms with Crippen molar-refractivity contribution in [2.45, 2.75) is 12.3 Å². The van der Waals surface area contributed by atoms with Gasteiger partial charge in [-0.05, 0) is 12.6 Å². The van der Waals surface area contributed by atoms with Gasteiger partial charge in [-0.2, -0.15) is 0 Å². The number of benzene rings is 1. The van der Waals surface area contributed by atoms with Gasteiger partial charge in [-0.15, -0.1) is 0 Å². The number of methoxy groups -OCH3 is 2. The number of hydrogen-bond donors (Lipinski definition) is 2. The van der Waals surface area contributed by atoms with Crippen molar-refractivity contribution < 1.29 is 28.8 Å². The molecule has 0 saturated carbocycles. The van der Waals surface area contributed by atoms with Crippen LogP contribution in [0, 0.1) is 0 Å². The third-order valence-electron chi connectivity index (χ3n) is 3.16. The zero-order valence-electron chi connectivity index (χ0n) is 11.3. The molecule has 0 fully saturated rings. The highest BCUT2D eigenvalue weighted by atomic mass is 16.7. The Hall–Kier alpha value is -2.15. The molecular formula is C13H17NO6. The Morgan fingerprint density at radius 3 is 2.65 bits per heavy atom. The fraction of sp³-hybridized carbons (Fsp3) is 0.462. The second-order valence-electron chi connectivity index (χ2n) is 4.30. The lowest BCUT2D eigenvalue weighted by Crippen LogP contribution is -2.17. The highest BCUT2D eigenvalue weighted by molar-refractivity contribution is 5.70. The number of rotatable bonds is 6. The molecule has 0 aliphatic carbocycles. The van der Waals surface area contributed by atoms with E-state index in [2.05, 4.69) is 0 Å². The van der Waals surface area contributed by atoms with Crippen LogP contribution >= 0.6 is 0 Å². The van der Waals surface area contributed by atoms with Gasteiger partial charge in [-0.1, -0.05) is 0 Å². The summed E-state index contributed by atoms with van der Waals surface area (Å²) in [6.45, 7) is 0.239. The van der Waals surface area contributed by atoms with Crippen LogP contribution in [0.5, 0.6) is 23.0 Å². The van der Waals surface area contributed by atoms with Crippen molar-refractivity contribution in [2.75, 3.05) is 27.6 Å². The molecule has 1 aromatic rings. The van der Waals surface area contributed by atoms with Gasteiger partial charge in [0.1, 0.15) is 0 Å². The molecule has 0 aromatic heterocycles. The van der Waals surface area contributed by atoms with Gasteiger partial charge in [0, 0.05) is 11.5 Å². The molecular weight excluding hydrogens is 266 g/mol. The Kier molecular flexibility index (Phi) is 4.19. The van der Waals surface area contributed by atoms with E-state index >= 15 is 0 Å². The highest BCUT2D eigenvalue weighted by Gasteiger charge is 2.30. The average Bonchev–Trinajstić information content (AvgIpc) is 2.92. The fourth-order valence-electron chi connectivity index (χ4n) is 2.23. The molecule has 20 heavy (non-hydrogen) atoms. The topological polar surface area (TPSA) is 100 Å². The maximum absolute atomic E-state index is 10.9.